The van der Waals surface area contributed by atoms with Gasteiger partial charge in [0.2, 0.25) is 5.91 Å². The molecule has 3 amide bonds. The largest absolute Gasteiger partial charge is 0.366 e. The monoisotopic (exact) mass is 495 g/mol. The summed E-state index contributed by atoms with van der Waals surface area (Å²) in [5.74, 6) is -1.39. The van der Waals surface area contributed by atoms with E-state index in [2.05, 4.69) is 50.0 Å². The van der Waals surface area contributed by atoms with Crippen molar-refractivity contribution in [2.24, 2.45) is 0 Å². The first-order valence-electron chi connectivity index (χ1n) is 11.7. The summed E-state index contributed by atoms with van der Waals surface area (Å²) in [4.78, 5) is 41.5. The molecule has 2 aliphatic rings. The van der Waals surface area contributed by atoms with Crippen LogP contribution in [0.15, 0.2) is 41.3 Å². The molecule has 1 saturated heterocycles. The summed E-state index contributed by atoms with van der Waals surface area (Å²) in [6, 6.07) is 10.0. The Balaban J connectivity index is 1.56. The number of nitrogens with one attached hydrogen (secondary N) is 1. The molecule has 1 atom stereocenters. The van der Waals surface area contributed by atoms with Gasteiger partial charge in [-0.05, 0) is 98.8 Å². The Morgan fingerprint density at radius 2 is 1.97 bits per heavy atom. The second kappa shape index (κ2) is 9.49. The Bertz CT molecular complexity index is 1240. The molecule has 1 unspecified atom stereocenters. The maximum absolute atomic E-state index is 13.8. The Labute approximate surface area is 209 Å². The molecular weight excluding hydrogens is 465 g/mol. The smallest absolute Gasteiger partial charge is 0.294 e. The molecule has 35 heavy (non-hydrogen) atoms. The minimum absolute atomic E-state index is 0.00289. The van der Waals surface area contributed by atoms with Crippen LogP contribution in [0.4, 0.5) is 20.6 Å². The number of aryl methyl sites for hydroxylation is 1. The van der Waals surface area contributed by atoms with E-state index in [0.717, 1.165) is 40.8 Å². The van der Waals surface area contributed by atoms with Gasteiger partial charge in [0.1, 0.15) is 12.4 Å². The zero-order chi connectivity index (χ0) is 25.5. The second-order valence-corrected chi connectivity index (χ2v) is 10.7. The molecule has 0 aliphatic carbocycles. The highest BCUT2D eigenvalue weighted by Gasteiger charge is 2.38. The van der Waals surface area contributed by atoms with Crippen LogP contribution in [-0.4, -0.2) is 40.6 Å². The molecule has 2 aliphatic heterocycles. The number of hydrogen-bond acceptors (Lipinski definition) is 5. The molecule has 0 bridgehead atoms. The SMILES string of the molecule is CCN1c2cc(C)c(/C=C3/SC(=O)N(CC(=O)Nc4ccccc4F)C3=O)cc2C(C)CC1(C)C. The van der Waals surface area contributed by atoms with Crippen molar-refractivity contribution in [2.45, 2.75) is 52.5 Å². The van der Waals surface area contributed by atoms with E-state index in [-0.39, 0.29) is 16.1 Å². The fourth-order valence-electron chi connectivity index (χ4n) is 5.08. The lowest BCUT2D eigenvalue weighted by atomic mass is 9.79. The topological polar surface area (TPSA) is 69.7 Å². The molecule has 0 radical (unpaired) electrons. The number of thioether (sulfide) groups is 1. The zero-order valence-electron chi connectivity index (χ0n) is 20.6. The summed E-state index contributed by atoms with van der Waals surface area (Å²) in [5, 5.41) is 1.89. The molecule has 0 spiro atoms. The van der Waals surface area contributed by atoms with Gasteiger partial charge < -0.3 is 10.2 Å². The van der Waals surface area contributed by atoms with Gasteiger partial charge in [0.15, 0.2) is 0 Å². The molecule has 2 aromatic carbocycles. The fraction of sp³-hybridized carbons (Fsp3) is 0.370. The number of carbonyl (C=O) groups excluding carboxylic acids is 3. The number of rotatable bonds is 5. The van der Waals surface area contributed by atoms with Crippen LogP contribution in [-0.2, 0) is 9.59 Å². The van der Waals surface area contributed by atoms with Crippen LogP contribution in [0.2, 0.25) is 0 Å². The van der Waals surface area contributed by atoms with Crippen molar-refractivity contribution in [1.29, 1.82) is 0 Å². The number of fused-ring (bicyclic) bond motifs is 1. The molecule has 1 fully saturated rings. The molecule has 0 aromatic heterocycles. The van der Waals surface area contributed by atoms with E-state index in [0.29, 0.717) is 5.92 Å². The summed E-state index contributed by atoms with van der Waals surface area (Å²) in [6.45, 7) is 11.3. The van der Waals surface area contributed by atoms with Crippen molar-refractivity contribution in [3.63, 3.8) is 0 Å². The van der Waals surface area contributed by atoms with E-state index in [1.165, 1.54) is 29.4 Å². The van der Waals surface area contributed by atoms with Gasteiger partial charge in [-0.25, -0.2) is 4.39 Å². The molecule has 2 heterocycles. The average molecular weight is 496 g/mol. The molecule has 184 valence electrons. The lowest BCUT2D eigenvalue weighted by Gasteiger charge is -2.47. The van der Waals surface area contributed by atoms with Crippen molar-refractivity contribution in [2.75, 3.05) is 23.3 Å². The molecule has 1 N–H and O–H groups in total. The van der Waals surface area contributed by atoms with Crippen molar-refractivity contribution >= 4 is 46.3 Å². The van der Waals surface area contributed by atoms with E-state index in [4.69, 9.17) is 0 Å². The quantitative estimate of drug-likeness (QED) is 0.522. The highest BCUT2D eigenvalue weighted by Crippen LogP contribution is 2.45. The van der Waals surface area contributed by atoms with Gasteiger partial charge in [-0.15, -0.1) is 0 Å². The third kappa shape index (κ3) is 4.85. The standard InChI is InChI=1S/C27H30FN3O3S/c1-6-31-22-11-16(2)18(12-19(22)17(3)14-27(31,4)5)13-23-25(33)30(26(34)35-23)15-24(32)29-21-10-8-7-9-20(21)28/h7-13,17H,6,14-15H2,1-5H3,(H,29,32)/b23-13+. The van der Waals surface area contributed by atoms with E-state index >= 15 is 0 Å². The summed E-state index contributed by atoms with van der Waals surface area (Å²) < 4.78 is 13.8. The minimum Gasteiger partial charge on any atom is -0.366 e. The third-order valence-corrected chi connectivity index (χ3v) is 7.61. The van der Waals surface area contributed by atoms with Gasteiger partial charge >= 0.3 is 0 Å². The first-order chi connectivity index (χ1) is 16.5. The normalized spacial score (nSPS) is 20.4. The first kappa shape index (κ1) is 25.0. The predicted molar refractivity (Wildman–Crippen MR) is 139 cm³/mol. The molecular formula is C27H30FN3O3S. The number of halogens is 1. The van der Waals surface area contributed by atoms with Crippen molar-refractivity contribution in [3.8, 4) is 0 Å². The average Bonchev–Trinajstić information content (AvgIpc) is 3.03. The molecule has 0 saturated carbocycles. The van der Waals surface area contributed by atoms with Crippen molar-refractivity contribution in [3.05, 3.63) is 63.8 Å². The highest BCUT2D eigenvalue weighted by atomic mass is 32.2. The Hall–Kier alpha value is -3.13. The van der Waals surface area contributed by atoms with Crippen LogP contribution in [0.1, 0.15) is 56.7 Å². The van der Waals surface area contributed by atoms with Crippen LogP contribution in [0.3, 0.4) is 0 Å². The molecule has 2 aromatic rings. The number of para-hydroxylation sites is 1. The minimum atomic E-state index is -0.639. The number of benzene rings is 2. The maximum Gasteiger partial charge on any atom is 0.294 e. The molecule has 6 nitrogen and oxygen atoms in total. The number of nitrogens with zero attached hydrogens (tertiary/aromatic N) is 2. The fourth-order valence-corrected chi connectivity index (χ4v) is 5.91. The van der Waals surface area contributed by atoms with E-state index in [1.807, 2.05) is 6.92 Å². The summed E-state index contributed by atoms with van der Waals surface area (Å²) in [6.07, 6.45) is 2.75. The first-order valence-corrected chi connectivity index (χ1v) is 12.6. The zero-order valence-corrected chi connectivity index (χ0v) is 21.5. The van der Waals surface area contributed by atoms with Crippen molar-refractivity contribution < 1.29 is 18.8 Å². The van der Waals surface area contributed by atoms with Gasteiger partial charge in [-0.2, -0.15) is 0 Å². The van der Waals surface area contributed by atoms with E-state index < -0.39 is 29.4 Å². The lowest BCUT2D eigenvalue weighted by Crippen LogP contribution is -2.48. The summed E-state index contributed by atoms with van der Waals surface area (Å²) in [7, 11) is 0. The lowest BCUT2D eigenvalue weighted by molar-refractivity contribution is -0.127. The van der Waals surface area contributed by atoms with Gasteiger partial charge in [-0.3, -0.25) is 19.3 Å². The van der Waals surface area contributed by atoms with Crippen LogP contribution in [0, 0.1) is 12.7 Å². The summed E-state index contributed by atoms with van der Waals surface area (Å²) in [5.41, 5.74) is 4.39. The van der Waals surface area contributed by atoms with Crippen LogP contribution < -0.4 is 10.2 Å². The highest BCUT2D eigenvalue weighted by molar-refractivity contribution is 8.18. The summed E-state index contributed by atoms with van der Waals surface area (Å²) >= 11 is 0.814. The van der Waals surface area contributed by atoms with Gasteiger partial charge in [0.25, 0.3) is 11.1 Å². The van der Waals surface area contributed by atoms with Gasteiger partial charge in [0.05, 0.1) is 10.6 Å². The van der Waals surface area contributed by atoms with Crippen molar-refractivity contribution in [1.82, 2.24) is 4.90 Å². The third-order valence-electron chi connectivity index (χ3n) is 6.70. The van der Waals surface area contributed by atoms with Crippen LogP contribution in [0.25, 0.3) is 6.08 Å². The van der Waals surface area contributed by atoms with E-state index in [9.17, 15) is 18.8 Å². The Morgan fingerprint density at radius 1 is 1.26 bits per heavy atom. The van der Waals surface area contributed by atoms with Gasteiger partial charge in [0, 0.05) is 17.8 Å². The van der Waals surface area contributed by atoms with Gasteiger partial charge in [-0.1, -0.05) is 19.1 Å². The number of anilines is 2. The number of hydrogen-bond donors (Lipinski definition) is 1. The number of amides is 3. The Kier molecular flexibility index (Phi) is 6.77. The van der Waals surface area contributed by atoms with Crippen LogP contribution in [0.5, 0.6) is 0 Å². The van der Waals surface area contributed by atoms with E-state index in [1.54, 1.807) is 12.1 Å². The molecule has 4 rings (SSSR count). The second-order valence-electron chi connectivity index (χ2n) is 9.73. The predicted octanol–water partition coefficient (Wildman–Crippen LogP) is 5.92. The Morgan fingerprint density at radius 3 is 2.66 bits per heavy atom. The number of imide groups is 1. The maximum atomic E-state index is 13.8. The number of carbonyl (C=O) groups is 3. The molecule has 8 heteroatoms. The van der Waals surface area contributed by atoms with Crippen LogP contribution >= 0.6 is 11.8 Å².